The summed E-state index contributed by atoms with van der Waals surface area (Å²) in [6, 6.07) is 3.67. The van der Waals surface area contributed by atoms with Crippen molar-refractivity contribution in [3.8, 4) is 11.5 Å². The fraction of sp³-hybridized carbons (Fsp3) is 0.455. The summed E-state index contributed by atoms with van der Waals surface area (Å²) in [7, 11) is -3.51. The Balaban J connectivity index is 2.17. The Morgan fingerprint density at radius 2 is 1.89 bits per heavy atom. The number of hydrogen-bond acceptors (Lipinski definition) is 4. The van der Waals surface area contributed by atoms with Gasteiger partial charge in [-0.1, -0.05) is 6.07 Å². The van der Waals surface area contributed by atoms with Gasteiger partial charge >= 0.3 is 6.29 Å². The molecule has 1 aliphatic heterocycles. The molecule has 0 spiro atoms. The van der Waals surface area contributed by atoms with Crippen LogP contribution < -0.4 is 14.2 Å². The maximum atomic E-state index is 12.8. The first-order valence-corrected chi connectivity index (χ1v) is 7.21. The first-order chi connectivity index (χ1) is 8.67. The fourth-order valence-electron chi connectivity index (χ4n) is 1.70. The number of alkyl halides is 2. The standard InChI is InChI=1S/C11H13F2NO4S/c1-7(2)14-19(15,16)6-8-3-4-9-10(5-8)18-11(12,13)17-9/h3-5,7,14H,6H2,1-2H3. The summed E-state index contributed by atoms with van der Waals surface area (Å²) in [4.78, 5) is 0. The summed E-state index contributed by atoms with van der Waals surface area (Å²) < 4.78 is 59.9. The number of rotatable bonds is 4. The Morgan fingerprint density at radius 3 is 2.53 bits per heavy atom. The van der Waals surface area contributed by atoms with E-state index >= 15 is 0 Å². The molecular weight excluding hydrogens is 280 g/mol. The van der Waals surface area contributed by atoms with Gasteiger partial charge in [-0.25, -0.2) is 13.1 Å². The van der Waals surface area contributed by atoms with Gasteiger partial charge < -0.3 is 9.47 Å². The molecule has 8 heteroatoms. The molecule has 0 aliphatic carbocycles. The second-order valence-corrected chi connectivity index (χ2v) is 6.23. The molecule has 0 radical (unpaired) electrons. The normalized spacial score (nSPS) is 16.9. The van der Waals surface area contributed by atoms with E-state index in [-0.39, 0.29) is 23.3 Å². The predicted octanol–water partition coefficient (Wildman–Crippen LogP) is 1.84. The highest BCUT2D eigenvalue weighted by molar-refractivity contribution is 7.88. The lowest BCUT2D eigenvalue weighted by molar-refractivity contribution is -0.286. The molecule has 0 aromatic heterocycles. The molecule has 0 saturated carbocycles. The lowest BCUT2D eigenvalue weighted by Gasteiger charge is -2.09. The molecule has 5 nitrogen and oxygen atoms in total. The molecule has 1 heterocycles. The van der Waals surface area contributed by atoms with Crippen LogP contribution in [0.15, 0.2) is 18.2 Å². The van der Waals surface area contributed by atoms with E-state index in [1.165, 1.54) is 18.2 Å². The largest absolute Gasteiger partial charge is 0.586 e. The van der Waals surface area contributed by atoms with E-state index in [0.29, 0.717) is 5.56 Å². The molecular formula is C11H13F2NO4S. The molecule has 1 aliphatic rings. The van der Waals surface area contributed by atoms with E-state index in [1.807, 2.05) is 0 Å². The van der Waals surface area contributed by atoms with Gasteiger partial charge in [-0.05, 0) is 31.5 Å². The first kappa shape index (κ1) is 14.0. The molecule has 19 heavy (non-hydrogen) atoms. The molecule has 106 valence electrons. The molecule has 0 unspecified atom stereocenters. The summed E-state index contributed by atoms with van der Waals surface area (Å²) in [6.07, 6.45) is -3.70. The summed E-state index contributed by atoms with van der Waals surface area (Å²) in [6.45, 7) is 3.38. The van der Waals surface area contributed by atoms with E-state index in [9.17, 15) is 17.2 Å². The maximum Gasteiger partial charge on any atom is 0.586 e. The average molecular weight is 293 g/mol. The van der Waals surface area contributed by atoms with Crippen LogP contribution in [0, 0.1) is 0 Å². The van der Waals surface area contributed by atoms with Crippen molar-refractivity contribution in [3.05, 3.63) is 23.8 Å². The van der Waals surface area contributed by atoms with Crippen molar-refractivity contribution in [1.82, 2.24) is 4.72 Å². The third-order valence-corrected chi connectivity index (χ3v) is 3.78. The molecule has 0 fully saturated rings. The van der Waals surface area contributed by atoms with Crippen molar-refractivity contribution in [2.24, 2.45) is 0 Å². The SMILES string of the molecule is CC(C)NS(=O)(=O)Cc1ccc2c(c1)OC(F)(F)O2. The van der Waals surface area contributed by atoms with Gasteiger partial charge in [-0.2, -0.15) is 0 Å². The number of fused-ring (bicyclic) bond motifs is 1. The lowest BCUT2D eigenvalue weighted by Crippen LogP contribution is -2.31. The molecule has 2 rings (SSSR count). The van der Waals surface area contributed by atoms with Crippen LogP contribution in [0.4, 0.5) is 8.78 Å². The van der Waals surface area contributed by atoms with Gasteiger partial charge in [0, 0.05) is 6.04 Å². The minimum absolute atomic E-state index is 0.108. The van der Waals surface area contributed by atoms with Crippen molar-refractivity contribution in [1.29, 1.82) is 0 Å². The lowest BCUT2D eigenvalue weighted by atomic mass is 10.2. The Labute approximate surface area is 109 Å². The molecule has 0 amide bonds. The number of nitrogens with one attached hydrogen (secondary N) is 1. The zero-order valence-corrected chi connectivity index (χ0v) is 11.1. The van der Waals surface area contributed by atoms with E-state index in [1.54, 1.807) is 13.8 Å². The van der Waals surface area contributed by atoms with E-state index in [2.05, 4.69) is 14.2 Å². The van der Waals surface area contributed by atoms with Crippen LogP contribution in [0.2, 0.25) is 0 Å². The second-order valence-electron chi connectivity index (χ2n) is 4.48. The highest BCUT2D eigenvalue weighted by atomic mass is 32.2. The molecule has 1 N–H and O–H groups in total. The van der Waals surface area contributed by atoms with Crippen LogP contribution in [0.5, 0.6) is 11.5 Å². The molecule has 1 aromatic carbocycles. The number of sulfonamides is 1. The number of benzene rings is 1. The number of hydrogen-bond donors (Lipinski definition) is 1. The smallest absolute Gasteiger partial charge is 0.395 e. The quantitative estimate of drug-likeness (QED) is 0.920. The molecule has 0 atom stereocenters. The third-order valence-electron chi connectivity index (χ3n) is 2.24. The van der Waals surface area contributed by atoms with Gasteiger partial charge in [0.2, 0.25) is 10.0 Å². The second kappa shape index (κ2) is 4.61. The first-order valence-electron chi connectivity index (χ1n) is 5.56. The van der Waals surface area contributed by atoms with Crippen molar-refractivity contribution in [2.45, 2.75) is 31.9 Å². The minimum atomic E-state index is -3.70. The zero-order chi connectivity index (χ0) is 14.3. The number of ether oxygens (including phenoxy) is 2. The summed E-state index contributed by atoms with van der Waals surface area (Å²) in [5, 5.41) is 0. The topological polar surface area (TPSA) is 64.6 Å². The predicted molar refractivity (Wildman–Crippen MR) is 63.5 cm³/mol. The van der Waals surface area contributed by atoms with Crippen LogP contribution in [-0.4, -0.2) is 20.8 Å². The Hall–Kier alpha value is -1.41. The molecule has 1 aromatic rings. The van der Waals surface area contributed by atoms with E-state index < -0.39 is 16.3 Å². The van der Waals surface area contributed by atoms with Crippen molar-refractivity contribution >= 4 is 10.0 Å². The Morgan fingerprint density at radius 1 is 1.26 bits per heavy atom. The van der Waals surface area contributed by atoms with Gasteiger partial charge in [-0.15, -0.1) is 8.78 Å². The van der Waals surface area contributed by atoms with Crippen molar-refractivity contribution < 1.29 is 26.7 Å². The summed E-state index contributed by atoms with van der Waals surface area (Å²) in [5.41, 5.74) is 0.341. The minimum Gasteiger partial charge on any atom is -0.395 e. The highest BCUT2D eigenvalue weighted by Gasteiger charge is 2.43. The zero-order valence-electron chi connectivity index (χ0n) is 10.3. The van der Waals surface area contributed by atoms with Crippen LogP contribution in [0.3, 0.4) is 0 Å². The summed E-state index contributed by atoms with van der Waals surface area (Å²) >= 11 is 0. The highest BCUT2D eigenvalue weighted by Crippen LogP contribution is 2.41. The van der Waals surface area contributed by atoms with Crippen LogP contribution >= 0.6 is 0 Å². The molecule has 0 bridgehead atoms. The van der Waals surface area contributed by atoms with Gasteiger partial charge in [0.25, 0.3) is 0 Å². The molecule has 0 saturated heterocycles. The van der Waals surface area contributed by atoms with Gasteiger partial charge in [0.15, 0.2) is 11.5 Å². The monoisotopic (exact) mass is 293 g/mol. The average Bonchev–Trinajstić information content (AvgIpc) is 2.47. The van der Waals surface area contributed by atoms with Crippen LogP contribution in [-0.2, 0) is 15.8 Å². The van der Waals surface area contributed by atoms with Crippen LogP contribution in [0.25, 0.3) is 0 Å². The number of halogens is 2. The van der Waals surface area contributed by atoms with E-state index in [0.717, 1.165) is 0 Å². The van der Waals surface area contributed by atoms with Gasteiger partial charge in [0.1, 0.15) is 0 Å². The Kier molecular flexibility index (Phi) is 3.40. The Bertz CT molecular complexity index is 586. The van der Waals surface area contributed by atoms with Crippen LogP contribution in [0.1, 0.15) is 19.4 Å². The summed E-state index contributed by atoms with van der Waals surface area (Å²) in [5.74, 6) is -0.585. The fourth-order valence-corrected chi connectivity index (χ4v) is 3.12. The van der Waals surface area contributed by atoms with Crippen molar-refractivity contribution in [2.75, 3.05) is 0 Å². The third kappa shape index (κ3) is 3.54. The van der Waals surface area contributed by atoms with Gasteiger partial charge in [-0.3, -0.25) is 0 Å². The van der Waals surface area contributed by atoms with E-state index in [4.69, 9.17) is 0 Å². The van der Waals surface area contributed by atoms with Crippen molar-refractivity contribution in [3.63, 3.8) is 0 Å². The van der Waals surface area contributed by atoms with Gasteiger partial charge in [0.05, 0.1) is 5.75 Å². The maximum absolute atomic E-state index is 12.8.